The molecule has 0 fully saturated rings. The molecular formula is C48H38Ge2. The van der Waals surface area contributed by atoms with Crippen LogP contribution in [-0.2, 0) is 19.0 Å². The quantitative estimate of drug-likeness (QED) is 0.149. The second-order valence-corrected chi connectivity index (χ2v) is 23.6. The topological polar surface area (TPSA) is 0 Å². The van der Waals surface area contributed by atoms with E-state index in [2.05, 4.69) is 170 Å². The maximum absolute atomic E-state index is 2.49. The Morgan fingerprint density at radius 3 is 0.780 bits per heavy atom. The van der Waals surface area contributed by atoms with Gasteiger partial charge in [0.2, 0.25) is 0 Å². The van der Waals surface area contributed by atoms with Crippen molar-refractivity contribution in [1.29, 1.82) is 0 Å². The Hall–Kier alpha value is -4.37. The van der Waals surface area contributed by atoms with Gasteiger partial charge in [-0.25, -0.2) is 0 Å². The van der Waals surface area contributed by atoms with Gasteiger partial charge in [0.1, 0.15) is 0 Å². The first kappa shape index (κ1) is 29.4. The molecule has 13 rings (SSSR count). The van der Waals surface area contributed by atoms with E-state index in [-0.39, 0.29) is 8.49 Å². The Labute approximate surface area is 307 Å². The van der Waals surface area contributed by atoms with Gasteiger partial charge in [-0.05, 0) is 0 Å². The van der Waals surface area contributed by atoms with Crippen molar-refractivity contribution in [1.82, 2.24) is 0 Å². The molecule has 0 unspecified atom stereocenters. The molecule has 4 bridgehead atoms. The summed E-state index contributed by atoms with van der Waals surface area (Å²) in [6.45, 7) is 0. The molecular weight excluding hydrogens is 722 g/mol. The number of benzene rings is 7. The van der Waals surface area contributed by atoms with Crippen LogP contribution in [0.2, 0.25) is 0 Å². The minimum absolute atomic E-state index is 0.0390. The Balaban J connectivity index is 1.02. The Bertz CT molecular complexity index is 2080. The predicted octanol–water partition coefficient (Wildman–Crippen LogP) is 8.62. The van der Waals surface area contributed by atoms with E-state index in [1.807, 2.05) is 0 Å². The normalized spacial score (nSPS) is 23.0. The molecule has 238 valence electrons. The van der Waals surface area contributed by atoms with E-state index in [0.717, 1.165) is 0 Å². The van der Waals surface area contributed by atoms with Crippen molar-refractivity contribution in [3.63, 3.8) is 0 Å². The van der Waals surface area contributed by atoms with Crippen LogP contribution in [0.5, 0.6) is 0 Å². The molecule has 6 aliphatic carbocycles. The van der Waals surface area contributed by atoms with Gasteiger partial charge in [-0.15, -0.1) is 0 Å². The molecule has 2 heteroatoms. The monoisotopic (exact) mass is 762 g/mol. The van der Waals surface area contributed by atoms with Crippen molar-refractivity contribution in [2.75, 3.05) is 0 Å². The Morgan fingerprint density at radius 2 is 0.520 bits per heavy atom. The molecule has 7 aromatic rings. The van der Waals surface area contributed by atoms with Gasteiger partial charge in [-0.2, -0.15) is 0 Å². The van der Waals surface area contributed by atoms with Crippen LogP contribution in [0.3, 0.4) is 0 Å². The van der Waals surface area contributed by atoms with Crippen LogP contribution in [0.4, 0.5) is 0 Å². The summed E-state index contributed by atoms with van der Waals surface area (Å²) in [7, 11) is 0. The molecule has 0 N–H and O–H groups in total. The first-order valence-corrected chi connectivity index (χ1v) is 25.6. The van der Waals surface area contributed by atoms with Gasteiger partial charge in [0, 0.05) is 0 Å². The predicted molar refractivity (Wildman–Crippen MR) is 211 cm³/mol. The van der Waals surface area contributed by atoms with Crippen LogP contribution < -0.4 is 0 Å². The average molecular weight is 760 g/mol. The number of rotatable bonds is 6. The SMILES string of the molecule is c1ccc([CH2][GeH2][C]23c4ccccc4C(c4ccccc42)c2ccccc23)c([CH2][GeH2][C]23c4ccccc4C(c4ccccc42)c2ccccc23)c1. The molecule has 0 saturated carbocycles. The molecule has 0 atom stereocenters. The summed E-state index contributed by atoms with van der Waals surface area (Å²) in [5.41, 5.74) is 22.1. The number of hydrogen-bond donors (Lipinski definition) is 0. The third kappa shape index (κ3) is 3.79. The second-order valence-electron chi connectivity index (χ2n) is 15.0. The summed E-state index contributed by atoms with van der Waals surface area (Å²) in [6.07, 6.45) is 0. The number of hydrogen-bond acceptors (Lipinski definition) is 0. The Kier molecular flexibility index (Phi) is 6.50. The molecule has 0 heterocycles. The van der Waals surface area contributed by atoms with Gasteiger partial charge in [0.15, 0.2) is 0 Å². The van der Waals surface area contributed by atoms with E-state index < -0.39 is 30.9 Å². The third-order valence-corrected chi connectivity index (χ3v) is 24.3. The average Bonchev–Trinajstić information content (AvgIpc) is 3.19. The van der Waals surface area contributed by atoms with Crippen molar-refractivity contribution in [3.05, 3.63) is 248 Å². The fourth-order valence-electron chi connectivity index (χ4n) is 11.2. The van der Waals surface area contributed by atoms with Crippen molar-refractivity contribution in [2.45, 2.75) is 30.8 Å². The summed E-state index contributed by atoms with van der Waals surface area (Å²) >= 11 is -2.70. The zero-order chi connectivity index (χ0) is 32.9. The molecule has 50 heavy (non-hydrogen) atoms. The molecule has 0 saturated heterocycles. The third-order valence-electron chi connectivity index (χ3n) is 13.0. The summed E-state index contributed by atoms with van der Waals surface area (Å²) < 4.78 is 0.0780. The molecule has 0 nitrogen and oxygen atoms in total. The summed E-state index contributed by atoms with van der Waals surface area (Å²) in [5, 5.41) is 2.48. The zero-order valence-corrected chi connectivity index (χ0v) is 34.1. The minimum atomic E-state index is -1.35. The maximum atomic E-state index is 2.49. The van der Waals surface area contributed by atoms with Crippen LogP contribution >= 0.6 is 0 Å². The van der Waals surface area contributed by atoms with Crippen molar-refractivity contribution in [2.24, 2.45) is 0 Å². The molecule has 6 aliphatic rings. The molecule has 0 aliphatic heterocycles. The standard InChI is InChI=1S/C48H38Ge2/c1-2-16-32(30-50-48-42-26-12-6-20-36(42)46(37-21-7-13-27-43(37)48)38-22-8-14-28-44(38)48)31(15-1)29-49-47-39-23-9-3-17-33(39)45(34-18-4-10-24-40(34)47)35-19-5-11-25-41(35)47/h1-28,45-46H,29-30,49-50H2. The fourth-order valence-corrected chi connectivity index (χ4v) is 23.4. The van der Waals surface area contributed by atoms with Crippen molar-refractivity contribution < 1.29 is 0 Å². The van der Waals surface area contributed by atoms with E-state index in [4.69, 9.17) is 0 Å². The first-order chi connectivity index (χ1) is 24.8. The summed E-state index contributed by atoms with van der Waals surface area (Å²) in [5.74, 6) is 0.698. The summed E-state index contributed by atoms with van der Waals surface area (Å²) in [4.78, 5) is 0. The first-order valence-electron chi connectivity index (χ1n) is 18.4. The summed E-state index contributed by atoms with van der Waals surface area (Å²) in [6, 6.07) is 66.4. The van der Waals surface area contributed by atoms with Crippen LogP contribution in [0.15, 0.2) is 170 Å². The van der Waals surface area contributed by atoms with E-state index in [9.17, 15) is 0 Å². The van der Waals surface area contributed by atoms with Gasteiger partial charge in [-0.3, -0.25) is 0 Å². The van der Waals surface area contributed by atoms with E-state index in [1.54, 1.807) is 77.9 Å². The molecule has 7 aromatic carbocycles. The van der Waals surface area contributed by atoms with Crippen molar-refractivity contribution >= 4 is 30.9 Å². The van der Waals surface area contributed by atoms with E-state index in [0.29, 0.717) is 11.8 Å². The molecule has 0 radical (unpaired) electrons. The van der Waals surface area contributed by atoms with Crippen molar-refractivity contribution in [3.8, 4) is 0 Å². The van der Waals surface area contributed by atoms with Gasteiger partial charge < -0.3 is 0 Å². The van der Waals surface area contributed by atoms with Crippen LogP contribution in [0.1, 0.15) is 89.7 Å². The zero-order valence-electron chi connectivity index (χ0n) is 28.1. The molecule has 0 amide bonds. The van der Waals surface area contributed by atoms with Gasteiger partial charge in [0.05, 0.1) is 0 Å². The van der Waals surface area contributed by atoms with E-state index >= 15 is 0 Å². The van der Waals surface area contributed by atoms with Crippen LogP contribution in [-0.4, -0.2) is 30.9 Å². The van der Waals surface area contributed by atoms with Crippen LogP contribution in [0.25, 0.3) is 0 Å². The fraction of sp³-hybridized carbons (Fsp3) is 0.125. The van der Waals surface area contributed by atoms with Gasteiger partial charge in [-0.1, -0.05) is 0 Å². The van der Waals surface area contributed by atoms with Gasteiger partial charge >= 0.3 is 309 Å². The Morgan fingerprint density at radius 1 is 0.300 bits per heavy atom. The second kappa shape index (κ2) is 11.1. The van der Waals surface area contributed by atoms with Gasteiger partial charge in [0.25, 0.3) is 0 Å². The molecule has 0 spiro atoms. The van der Waals surface area contributed by atoms with E-state index in [1.165, 1.54) is 10.5 Å². The molecule has 0 aromatic heterocycles. The van der Waals surface area contributed by atoms with Crippen LogP contribution in [0, 0.1) is 0 Å².